The summed E-state index contributed by atoms with van der Waals surface area (Å²) in [6.45, 7) is 0. The molecule has 0 unspecified atom stereocenters. The summed E-state index contributed by atoms with van der Waals surface area (Å²) in [7, 11) is 1.71. The summed E-state index contributed by atoms with van der Waals surface area (Å²) >= 11 is 12.0. The van der Waals surface area contributed by atoms with Gasteiger partial charge in [0, 0.05) is 35.0 Å². The minimum atomic E-state index is -4.61. The van der Waals surface area contributed by atoms with Gasteiger partial charge in [-0.2, -0.15) is 13.2 Å². The summed E-state index contributed by atoms with van der Waals surface area (Å²) in [6, 6.07) is 13.5. The van der Waals surface area contributed by atoms with Crippen molar-refractivity contribution in [1.29, 1.82) is 0 Å². The molecule has 4 aromatic rings. The Kier molecular flexibility index (Phi) is 5.75. The third-order valence-corrected chi connectivity index (χ3v) is 5.28. The number of benzene rings is 2. The van der Waals surface area contributed by atoms with Gasteiger partial charge in [0.15, 0.2) is 0 Å². The first-order valence-electron chi connectivity index (χ1n) is 9.28. The maximum atomic E-state index is 13.3. The van der Waals surface area contributed by atoms with Crippen LogP contribution in [-0.2, 0) is 13.2 Å². The molecule has 0 aliphatic heterocycles. The first-order chi connectivity index (χ1) is 15.1. The lowest BCUT2D eigenvalue weighted by Crippen LogP contribution is -2.11. The van der Waals surface area contributed by atoms with Crippen LogP contribution in [0.15, 0.2) is 60.8 Å². The number of pyridine rings is 1. The molecule has 10 heteroatoms. The number of carbonyl (C=O) groups is 1. The zero-order chi connectivity index (χ0) is 23.0. The maximum absolute atomic E-state index is 13.3. The molecule has 2 aromatic carbocycles. The monoisotopic (exact) mass is 478 g/mol. The van der Waals surface area contributed by atoms with Crippen molar-refractivity contribution in [3.8, 4) is 0 Å². The number of amides is 1. The van der Waals surface area contributed by atoms with Gasteiger partial charge >= 0.3 is 6.18 Å². The van der Waals surface area contributed by atoms with Crippen molar-refractivity contribution in [2.75, 3.05) is 10.6 Å². The molecule has 32 heavy (non-hydrogen) atoms. The highest BCUT2D eigenvalue weighted by Crippen LogP contribution is 2.35. The number of hydrogen-bond acceptors (Lipinski definition) is 3. The van der Waals surface area contributed by atoms with Crippen LogP contribution in [-0.4, -0.2) is 15.5 Å². The number of halogens is 5. The average molecular weight is 479 g/mol. The number of aromatic nitrogens is 2. The molecule has 0 atom stereocenters. The largest absolute Gasteiger partial charge is 0.433 e. The van der Waals surface area contributed by atoms with Crippen molar-refractivity contribution in [2.45, 2.75) is 6.18 Å². The van der Waals surface area contributed by atoms with Gasteiger partial charge in [-0.25, -0.2) is 4.98 Å². The Morgan fingerprint density at radius 3 is 2.47 bits per heavy atom. The molecular formula is C22H15Cl2F3N4O. The van der Waals surface area contributed by atoms with Crippen molar-refractivity contribution >= 4 is 57.1 Å². The van der Waals surface area contributed by atoms with Crippen LogP contribution in [0.2, 0.25) is 10.2 Å². The number of fused-ring (bicyclic) bond motifs is 1. The molecular weight excluding hydrogens is 464 g/mol. The van der Waals surface area contributed by atoms with Crippen molar-refractivity contribution < 1.29 is 18.0 Å². The predicted molar refractivity (Wildman–Crippen MR) is 120 cm³/mol. The second kappa shape index (κ2) is 8.37. The van der Waals surface area contributed by atoms with Gasteiger partial charge in [-0.1, -0.05) is 29.3 Å². The van der Waals surface area contributed by atoms with E-state index in [1.54, 1.807) is 42.1 Å². The molecule has 4 rings (SSSR count). The highest BCUT2D eigenvalue weighted by Gasteiger charge is 2.33. The number of nitrogens with one attached hydrogen (secondary N) is 2. The molecule has 0 fully saturated rings. The standard InChI is InChI=1S/C22H15Cl2F3N4O/c1-31-11-12(7-20(31)24)21(32)29-15-4-2-3-14(9-15)28-18-10-19(22(25,26)27)30-17-6-5-13(23)8-16(17)18/h2-11H,1H3,(H,28,30)(H,29,32). The van der Waals surface area contributed by atoms with Gasteiger partial charge in [0.1, 0.15) is 10.8 Å². The van der Waals surface area contributed by atoms with Crippen LogP contribution < -0.4 is 10.6 Å². The Morgan fingerprint density at radius 1 is 1.03 bits per heavy atom. The van der Waals surface area contributed by atoms with E-state index >= 15 is 0 Å². The molecule has 2 N–H and O–H groups in total. The number of hydrogen-bond donors (Lipinski definition) is 2. The second-order valence-electron chi connectivity index (χ2n) is 7.04. The summed E-state index contributed by atoms with van der Waals surface area (Å²) in [6.07, 6.45) is -3.03. The quantitative estimate of drug-likeness (QED) is 0.335. The van der Waals surface area contributed by atoms with E-state index in [0.29, 0.717) is 32.5 Å². The van der Waals surface area contributed by atoms with Crippen molar-refractivity contribution in [2.24, 2.45) is 7.05 Å². The lowest BCUT2D eigenvalue weighted by Gasteiger charge is -2.14. The second-order valence-corrected chi connectivity index (χ2v) is 7.86. The Morgan fingerprint density at radius 2 is 1.78 bits per heavy atom. The van der Waals surface area contributed by atoms with Gasteiger partial charge < -0.3 is 15.2 Å². The lowest BCUT2D eigenvalue weighted by molar-refractivity contribution is -0.140. The zero-order valence-corrected chi connectivity index (χ0v) is 18.0. The van der Waals surface area contributed by atoms with E-state index in [9.17, 15) is 18.0 Å². The highest BCUT2D eigenvalue weighted by atomic mass is 35.5. The fraction of sp³-hybridized carbons (Fsp3) is 0.0909. The number of aryl methyl sites for hydroxylation is 1. The molecule has 0 aliphatic rings. The molecule has 0 saturated carbocycles. The van der Waals surface area contributed by atoms with Crippen LogP contribution in [0.3, 0.4) is 0 Å². The van der Waals surface area contributed by atoms with Gasteiger partial charge in [0.25, 0.3) is 5.91 Å². The lowest BCUT2D eigenvalue weighted by atomic mass is 10.1. The minimum Gasteiger partial charge on any atom is -0.355 e. The van der Waals surface area contributed by atoms with E-state index in [-0.39, 0.29) is 17.1 Å². The van der Waals surface area contributed by atoms with E-state index in [1.807, 2.05) is 0 Å². The number of nitrogens with zero attached hydrogens (tertiary/aromatic N) is 2. The summed E-state index contributed by atoms with van der Waals surface area (Å²) in [5.41, 5.74) is 0.600. The number of alkyl halides is 3. The first-order valence-corrected chi connectivity index (χ1v) is 10.0. The Balaban J connectivity index is 1.66. The van der Waals surface area contributed by atoms with E-state index in [0.717, 1.165) is 6.07 Å². The first kappa shape index (κ1) is 22.0. The number of carbonyl (C=O) groups excluding carboxylic acids is 1. The molecule has 0 aliphatic carbocycles. The van der Waals surface area contributed by atoms with E-state index < -0.39 is 11.9 Å². The van der Waals surface area contributed by atoms with Crippen LogP contribution in [0.5, 0.6) is 0 Å². The summed E-state index contributed by atoms with van der Waals surface area (Å²) in [5, 5.41) is 6.93. The van der Waals surface area contributed by atoms with Gasteiger partial charge in [-0.15, -0.1) is 0 Å². The van der Waals surface area contributed by atoms with Gasteiger partial charge in [-0.05, 0) is 48.5 Å². The fourth-order valence-corrected chi connectivity index (χ4v) is 3.48. The smallest absolute Gasteiger partial charge is 0.355 e. The highest BCUT2D eigenvalue weighted by molar-refractivity contribution is 6.31. The van der Waals surface area contributed by atoms with Crippen LogP contribution in [0.25, 0.3) is 10.9 Å². The Bertz CT molecular complexity index is 1320. The fourth-order valence-electron chi connectivity index (χ4n) is 3.14. The molecule has 0 spiro atoms. The maximum Gasteiger partial charge on any atom is 0.433 e. The predicted octanol–water partition coefficient (Wildman–Crippen LogP) is 6.89. The molecule has 2 heterocycles. The van der Waals surface area contributed by atoms with E-state index in [4.69, 9.17) is 23.2 Å². The molecule has 0 saturated heterocycles. The van der Waals surface area contributed by atoms with Crippen LogP contribution in [0.1, 0.15) is 16.1 Å². The summed E-state index contributed by atoms with van der Waals surface area (Å²) < 4.78 is 41.6. The van der Waals surface area contributed by atoms with Gasteiger partial charge in [-0.3, -0.25) is 4.79 Å². The van der Waals surface area contributed by atoms with Crippen LogP contribution in [0, 0.1) is 0 Å². The minimum absolute atomic E-state index is 0.150. The third kappa shape index (κ3) is 4.66. The molecule has 164 valence electrons. The topological polar surface area (TPSA) is 59.0 Å². The van der Waals surface area contributed by atoms with Gasteiger partial charge in [0.2, 0.25) is 0 Å². The number of anilines is 3. The van der Waals surface area contributed by atoms with Crippen LogP contribution in [0.4, 0.5) is 30.2 Å². The Labute approximate surface area is 190 Å². The molecule has 2 aromatic heterocycles. The molecule has 5 nitrogen and oxygen atoms in total. The SMILES string of the molecule is Cn1cc(C(=O)Nc2cccc(Nc3cc(C(F)(F)F)nc4ccc(Cl)cc34)c2)cc1Cl. The third-order valence-electron chi connectivity index (χ3n) is 4.67. The summed E-state index contributed by atoms with van der Waals surface area (Å²) in [5.74, 6) is -0.370. The van der Waals surface area contributed by atoms with E-state index in [2.05, 4.69) is 15.6 Å². The van der Waals surface area contributed by atoms with Crippen molar-refractivity contribution in [3.63, 3.8) is 0 Å². The van der Waals surface area contributed by atoms with E-state index in [1.165, 1.54) is 24.3 Å². The van der Waals surface area contributed by atoms with Gasteiger partial charge in [0.05, 0.1) is 16.8 Å². The van der Waals surface area contributed by atoms with Crippen molar-refractivity contribution in [3.05, 3.63) is 82.2 Å². The van der Waals surface area contributed by atoms with Crippen molar-refractivity contribution in [1.82, 2.24) is 9.55 Å². The normalized spacial score (nSPS) is 11.6. The Hall–Kier alpha value is -3.23. The summed E-state index contributed by atoms with van der Waals surface area (Å²) in [4.78, 5) is 16.2. The number of rotatable bonds is 4. The average Bonchev–Trinajstić information content (AvgIpc) is 3.06. The molecule has 0 radical (unpaired) electrons. The zero-order valence-electron chi connectivity index (χ0n) is 16.5. The molecule has 1 amide bonds. The molecule has 0 bridgehead atoms. The van der Waals surface area contributed by atoms with Crippen LogP contribution >= 0.6 is 23.2 Å².